The molecule has 0 spiro atoms. The number of sulfonamides is 1. The molecule has 0 heterocycles. The Labute approximate surface area is 133 Å². The topological polar surface area (TPSA) is 113 Å². The zero-order chi connectivity index (χ0) is 16.9. The summed E-state index contributed by atoms with van der Waals surface area (Å²) in [7, 11) is -3.74. The molecule has 0 aliphatic carbocycles. The van der Waals surface area contributed by atoms with Crippen LogP contribution in [0.3, 0.4) is 0 Å². The molecule has 0 fully saturated rings. The van der Waals surface area contributed by atoms with E-state index in [1.807, 2.05) is 0 Å². The summed E-state index contributed by atoms with van der Waals surface area (Å²) in [5, 5.41) is 8.69. The molecule has 1 amide bonds. The minimum atomic E-state index is -3.74. The van der Waals surface area contributed by atoms with E-state index in [1.54, 1.807) is 42.5 Å². The highest BCUT2D eigenvalue weighted by molar-refractivity contribution is 7.92. The molecule has 0 unspecified atom stereocenters. The first-order valence-corrected chi connectivity index (χ1v) is 8.00. The number of nitrogens with two attached hydrogens (primary N) is 1. The van der Waals surface area contributed by atoms with Crippen molar-refractivity contribution in [1.29, 1.82) is 0 Å². The van der Waals surface area contributed by atoms with Gasteiger partial charge in [0.2, 0.25) is 0 Å². The zero-order valence-electron chi connectivity index (χ0n) is 12.0. The smallest absolute Gasteiger partial charge is 0.280 e. The van der Waals surface area contributed by atoms with Crippen LogP contribution in [-0.4, -0.2) is 24.7 Å². The first kappa shape index (κ1) is 16.7. The number of amides is 1. The summed E-state index contributed by atoms with van der Waals surface area (Å²) >= 11 is 0. The van der Waals surface area contributed by atoms with E-state index in [-0.39, 0.29) is 10.1 Å². The van der Waals surface area contributed by atoms with Crippen molar-refractivity contribution in [3.63, 3.8) is 0 Å². The third kappa shape index (κ3) is 4.65. The van der Waals surface area contributed by atoms with Gasteiger partial charge in [-0.3, -0.25) is 14.7 Å². The Morgan fingerprint density at radius 1 is 1.13 bits per heavy atom. The molecule has 0 atom stereocenters. The van der Waals surface area contributed by atoms with Crippen LogP contribution in [0.25, 0.3) is 6.08 Å². The second-order valence-corrected chi connectivity index (χ2v) is 6.24. The van der Waals surface area contributed by atoms with E-state index in [9.17, 15) is 13.2 Å². The lowest BCUT2D eigenvalue weighted by Crippen LogP contribution is -2.32. The lowest BCUT2D eigenvalue weighted by Gasteiger charge is -2.08. The molecule has 0 radical (unpaired) electrons. The molecular weight excluding hydrogens is 318 g/mol. The molecular formula is C15H15N3O4S. The van der Waals surface area contributed by atoms with Gasteiger partial charge in [0.05, 0.1) is 4.90 Å². The third-order valence-electron chi connectivity index (χ3n) is 2.84. The van der Waals surface area contributed by atoms with Crippen molar-refractivity contribution in [3.8, 4) is 0 Å². The normalized spacial score (nSPS) is 11.4. The fourth-order valence-electron chi connectivity index (χ4n) is 1.75. The van der Waals surface area contributed by atoms with Crippen molar-refractivity contribution in [2.45, 2.75) is 4.90 Å². The molecule has 23 heavy (non-hydrogen) atoms. The van der Waals surface area contributed by atoms with Gasteiger partial charge in [-0.05, 0) is 35.9 Å². The van der Waals surface area contributed by atoms with Crippen LogP contribution in [-0.2, 0) is 14.8 Å². The molecule has 0 aromatic heterocycles. The van der Waals surface area contributed by atoms with E-state index in [4.69, 9.17) is 11.0 Å². The van der Waals surface area contributed by atoms with Gasteiger partial charge in [0, 0.05) is 11.8 Å². The second kappa shape index (κ2) is 7.05. The summed E-state index contributed by atoms with van der Waals surface area (Å²) in [6, 6.07) is 14.5. The summed E-state index contributed by atoms with van der Waals surface area (Å²) < 4.78 is 27.1. The summed E-state index contributed by atoms with van der Waals surface area (Å²) in [6.07, 6.45) is 2.37. The number of hydrogen-bond donors (Lipinski definition) is 3. The standard InChI is InChI=1S/C15H15N3O4S/c16-18(20)15(19)10-9-12-5-4-8-14(11-12)23(21,22)17-13-6-2-1-3-7-13/h1-11,17,20H,16H2/b10-9+. The monoisotopic (exact) mass is 333 g/mol. The SMILES string of the molecule is NN(O)C(=O)/C=C/c1cccc(S(=O)(=O)Nc2ccccc2)c1. The average molecular weight is 333 g/mol. The van der Waals surface area contributed by atoms with Gasteiger partial charge < -0.3 is 0 Å². The Hall–Kier alpha value is -2.68. The molecule has 7 nitrogen and oxygen atoms in total. The van der Waals surface area contributed by atoms with E-state index < -0.39 is 15.9 Å². The number of hydrogen-bond acceptors (Lipinski definition) is 5. The largest absolute Gasteiger partial charge is 0.284 e. The lowest BCUT2D eigenvalue weighted by atomic mass is 10.2. The van der Waals surface area contributed by atoms with Crippen LogP contribution in [0.2, 0.25) is 0 Å². The Morgan fingerprint density at radius 2 is 1.83 bits per heavy atom. The molecule has 0 aliphatic heterocycles. The summed E-state index contributed by atoms with van der Waals surface area (Å²) in [5.74, 6) is 4.03. The van der Waals surface area contributed by atoms with Gasteiger partial charge in [0.25, 0.3) is 15.9 Å². The Balaban J connectivity index is 2.23. The Bertz CT molecular complexity index is 818. The van der Waals surface area contributed by atoms with Crippen LogP contribution in [0.15, 0.2) is 65.6 Å². The zero-order valence-corrected chi connectivity index (χ0v) is 12.8. The minimum absolute atomic E-state index is 0.0459. The predicted octanol–water partition coefficient (Wildman–Crippen LogP) is 1.59. The number of benzene rings is 2. The van der Waals surface area contributed by atoms with Gasteiger partial charge in [0.15, 0.2) is 0 Å². The molecule has 120 valence electrons. The molecule has 0 aliphatic rings. The van der Waals surface area contributed by atoms with Gasteiger partial charge >= 0.3 is 0 Å². The molecule has 0 saturated carbocycles. The van der Waals surface area contributed by atoms with Gasteiger partial charge in [-0.1, -0.05) is 30.3 Å². The molecule has 0 bridgehead atoms. The van der Waals surface area contributed by atoms with E-state index in [0.29, 0.717) is 11.3 Å². The molecule has 2 aromatic carbocycles. The van der Waals surface area contributed by atoms with Gasteiger partial charge in [-0.25, -0.2) is 14.3 Å². The number of anilines is 1. The number of carbonyl (C=O) groups excluding carboxylic acids is 1. The highest BCUT2D eigenvalue weighted by Crippen LogP contribution is 2.17. The maximum Gasteiger partial charge on any atom is 0.284 e. The van der Waals surface area contributed by atoms with Crippen LogP contribution >= 0.6 is 0 Å². The average Bonchev–Trinajstić information content (AvgIpc) is 2.53. The minimum Gasteiger partial charge on any atom is -0.280 e. The van der Waals surface area contributed by atoms with Crippen molar-refractivity contribution in [1.82, 2.24) is 5.17 Å². The van der Waals surface area contributed by atoms with E-state index >= 15 is 0 Å². The van der Waals surface area contributed by atoms with Crippen LogP contribution in [0, 0.1) is 0 Å². The predicted molar refractivity (Wildman–Crippen MR) is 85.5 cm³/mol. The van der Waals surface area contributed by atoms with Gasteiger partial charge in [-0.15, -0.1) is 5.17 Å². The van der Waals surface area contributed by atoms with Crippen LogP contribution < -0.4 is 10.6 Å². The van der Waals surface area contributed by atoms with Crippen molar-refractivity contribution in [2.24, 2.45) is 5.84 Å². The second-order valence-electron chi connectivity index (χ2n) is 4.56. The fourth-order valence-corrected chi connectivity index (χ4v) is 2.86. The highest BCUT2D eigenvalue weighted by Gasteiger charge is 2.14. The number of hydroxylamine groups is 1. The summed E-state index contributed by atoms with van der Waals surface area (Å²) in [6.45, 7) is 0. The molecule has 2 rings (SSSR count). The first-order chi connectivity index (χ1) is 10.9. The van der Waals surface area contributed by atoms with Crippen molar-refractivity contribution in [2.75, 3.05) is 4.72 Å². The lowest BCUT2D eigenvalue weighted by molar-refractivity contribution is -0.160. The van der Waals surface area contributed by atoms with Gasteiger partial charge in [0.1, 0.15) is 0 Å². The van der Waals surface area contributed by atoms with E-state index in [2.05, 4.69) is 4.72 Å². The van der Waals surface area contributed by atoms with Crippen molar-refractivity contribution >= 4 is 27.7 Å². The number of rotatable bonds is 5. The first-order valence-electron chi connectivity index (χ1n) is 6.52. The third-order valence-corrected chi connectivity index (χ3v) is 4.22. The number of nitrogens with zero attached hydrogens (tertiary/aromatic N) is 1. The molecule has 0 saturated heterocycles. The van der Waals surface area contributed by atoms with Crippen LogP contribution in [0.4, 0.5) is 5.69 Å². The molecule has 4 N–H and O–H groups in total. The number of carbonyl (C=O) groups is 1. The Kier molecular flexibility index (Phi) is 5.12. The Morgan fingerprint density at radius 3 is 2.48 bits per heavy atom. The van der Waals surface area contributed by atoms with E-state index in [0.717, 1.165) is 6.08 Å². The van der Waals surface area contributed by atoms with Crippen molar-refractivity contribution < 1.29 is 18.4 Å². The van der Waals surface area contributed by atoms with E-state index in [1.165, 1.54) is 18.2 Å². The summed E-state index contributed by atoms with van der Waals surface area (Å²) in [5.41, 5.74) is 0.916. The molecule has 8 heteroatoms. The number of nitrogens with one attached hydrogen (secondary N) is 1. The highest BCUT2D eigenvalue weighted by atomic mass is 32.2. The quantitative estimate of drug-likeness (QED) is 0.253. The van der Waals surface area contributed by atoms with Crippen molar-refractivity contribution in [3.05, 3.63) is 66.2 Å². The fraction of sp³-hybridized carbons (Fsp3) is 0. The number of hydrazine groups is 1. The van der Waals surface area contributed by atoms with Crippen LogP contribution in [0.1, 0.15) is 5.56 Å². The maximum absolute atomic E-state index is 12.3. The summed E-state index contributed by atoms with van der Waals surface area (Å²) in [4.78, 5) is 11.2. The number of para-hydroxylation sites is 1. The van der Waals surface area contributed by atoms with Crippen LogP contribution in [0.5, 0.6) is 0 Å². The maximum atomic E-state index is 12.3. The molecule has 2 aromatic rings. The van der Waals surface area contributed by atoms with Gasteiger partial charge in [-0.2, -0.15) is 0 Å².